The van der Waals surface area contributed by atoms with E-state index in [1.807, 2.05) is 20.8 Å². The number of benzene rings is 1. The molecule has 1 amide bonds. The predicted octanol–water partition coefficient (Wildman–Crippen LogP) is 1.88. The third kappa shape index (κ3) is 4.68. The van der Waals surface area contributed by atoms with Crippen LogP contribution in [0.3, 0.4) is 0 Å². The van der Waals surface area contributed by atoms with Crippen molar-refractivity contribution < 1.29 is 23.1 Å². The minimum Gasteiger partial charge on any atom is -0.480 e. The van der Waals surface area contributed by atoms with Gasteiger partial charge in [-0.15, -0.1) is 0 Å². The first-order chi connectivity index (χ1) is 12.5. The fourth-order valence-electron chi connectivity index (χ4n) is 3.30. The van der Waals surface area contributed by atoms with Gasteiger partial charge in [-0.05, 0) is 81.2 Å². The van der Waals surface area contributed by atoms with Crippen LogP contribution in [0, 0.1) is 40.5 Å². The third-order valence-electron chi connectivity index (χ3n) is 5.52. The molecule has 0 aliphatic heterocycles. The van der Waals surface area contributed by atoms with E-state index in [0.717, 1.165) is 29.5 Å². The maximum Gasteiger partial charge on any atom is 0.326 e. The molecule has 0 bridgehead atoms. The second-order valence-corrected chi connectivity index (χ2v) is 9.03. The van der Waals surface area contributed by atoms with Crippen molar-refractivity contribution >= 4 is 21.9 Å². The SMILES string of the molecule is Cc1c(C)c(C)c(S(=O)(=O)NCCC(=O)NC(C(=O)O)C2CC2)c(C)c1C. The third-order valence-corrected chi connectivity index (χ3v) is 7.25. The molecule has 1 aromatic carbocycles. The lowest BCUT2D eigenvalue weighted by Crippen LogP contribution is -2.43. The van der Waals surface area contributed by atoms with Gasteiger partial charge in [-0.3, -0.25) is 4.79 Å². The van der Waals surface area contributed by atoms with Gasteiger partial charge in [0.1, 0.15) is 6.04 Å². The van der Waals surface area contributed by atoms with Crippen LogP contribution < -0.4 is 10.0 Å². The Bertz CT molecular complexity index is 844. The summed E-state index contributed by atoms with van der Waals surface area (Å²) in [7, 11) is -3.77. The molecule has 150 valence electrons. The van der Waals surface area contributed by atoms with Crippen molar-refractivity contribution in [2.24, 2.45) is 5.92 Å². The summed E-state index contributed by atoms with van der Waals surface area (Å²) in [5.74, 6) is -1.54. The summed E-state index contributed by atoms with van der Waals surface area (Å²) < 4.78 is 28.0. The summed E-state index contributed by atoms with van der Waals surface area (Å²) in [4.78, 5) is 23.4. The van der Waals surface area contributed by atoms with Gasteiger partial charge < -0.3 is 10.4 Å². The van der Waals surface area contributed by atoms with E-state index in [-0.39, 0.29) is 23.8 Å². The zero-order valence-electron chi connectivity index (χ0n) is 16.5. The molecule has 0 saturated heterocycles. The number of carboxylic acid groups (broad SMARTS) is 1. The number of amides is 1. The molecule has 1 aliphatic rings. The van der Waals surface area contributed by atoms with Crippen molar-refractivity contribution in [3.05, 3.63) is 27.8 Å². The Morgan fingerprint density at radius 2 is 1.48 bits per heavy atom. The smallest absolute Gasteiger partial charge is 0.326 e. The zero-order valence-corrected chi connectivity index (χ0v) is 17.3. The molecule has 0 heterocycles. The van der Waals surface area contributed by atoms with Gasteiger partial charge in [0.2, 0.25) is 15.9 Å². The predicted molar refractivity (Wildman–Crippen MR) is 102 cm³/mol. The maximum absolute atomic E-state index is 12.8. The standard InChI is InChI=1S/C19H28N2O5S/c1-10-11(2)13(4)18(14(5)12(10)3)27(25,26)20-9-8-16(22)21-17(19(23)24)15-6-7-15/h15,17,20H,6-9H2,1-5H3,(H,21,22)(H,23,24). The fraction of sp³-hybridized carbons (Fsp3) is 0.579. The second-order valence-electron chi connectivity index (χ2n) is 7.32. The summed E-state index contributed by atoms with van der Waals surface area (Å²) in [5, 5.41) is 11.6. The first kappa shape index (κ1) is 21.4. The summed E-state index contributed by atoms with van der Waals surface area (Å²) in [6.07, 6.45) is 1.46. The number of sulfonamides is 1. The zero-order chi connectivity index (χ0) is 20.5. The van der Waals surface area contributed by atoms with Crippen molar-refractivity contribution in [2.75, 3.05) is 6.54 Å². The Morgan fingerprint density at radius 3 is 1.93 bits per heavy atom. The van der Waals surface area contributed by atoms with Crippen LogP contribution >= 0.6 is 0 Å². The quantitative estimate of drug-likeness (QED) is 0.621. The molecule has 1 aromatic rings. The van der Waals surface area contributed by atoms with Crippen LogP contribution in [0.5, 0.6) is 0 Å². The number of aliphatic carboxylic acids is 1. The van der Waals surface area contributed by atoms with Crippen LogP contribution in [0.4, 0.5) is 0 Å². The molecular weight excluding hydrogens is 368 g/mol. The summed E-state index contributed by atoms with van der Waals surface area (Å²) in [5.41, 5.74) is 4.34. The Hall–Kier alpha value is -1.93. The minimum atomic E-state index is -3.77. The Morgan fingerprint density at radius 1 is 1.00 bits per heavy atom. The van der Waals surface area contributed by atoms with Crippen molar-refractivity contribution in [1.82, 2.24) is 10.0 Å². The molecule has 7 nitrogen and oxygen atoms in total. The highest BCUT2D eigenvalue weighted by atomic mass is 32.2. The first-order valence-electron chi connectivity index (χ1n) is 9.06. The molecular formula is C19H28N2O5S. The fourth-order valence-corrected chi connectivity index (χ4v) is 4.92. The Kier molecular flexibility index (Phi) is 6.32. The highest BCUT2D eigenvalue weighted by Crippen LogP contribution is 2.33. The van der Waals surface area contributed by atoms with Crippen molar-refractivity contribution in [1.29, 1.82) is 0 Å². The van der Waals surface area contributed by atoms with Gasteiger partial charge in [0.05, 0.1) is 4.90 Å². The molecule has 2 rings (SSSR count). The number of carbonyl (C=O) groups is 2. The van der Waals surface area contributed by atoms with Gasteiger partial charge in [-0.25, -0.2) is 17.9 Å². The molecule has 1 saturated carbocycles. The lowest BCUT2D eigenvalue weighted by atomic mass is 9.95. The normalized spacial score (nSPS) is 15.4. The molecule has 1 unspecified atom stereocenters. The molecule has 8 heteroatoms. The topological polar surface area (TPSA) is 113 Å². The minimum absolute atomic E-state index is 0.0213. The van der Waals surface area contributed by atoms with E-state index in [2.05, 4.69) is 10.0 Å². The number of carbonyl (C=O) groups excluding carboxylic acids is 1. The average molecular weight is 397 g/mol. The van der Waals surface area contributed by atoms with Gasteiger partial charge in [0.15, 0.2) is 0 Å². The van der Waals surface area contributed by atoms with Crippen LogP contribution in [0.2, 0.25) is 0 Å². The Labute approximate surface area is 160 Å². The van der Waals surface area contributed by atoms with Gasteiger partial charge >= 0.3 is 5.97 Å². The second kappa shape index (κ2) is 7.98. The Balaban J connectivity index is 2.05. The lowest BCUT2D eigenvalue weighted by molar-refractivity contribution is -0.142. The highest BCUT2D eigenvalue weighted by Gasteiger charge is 2.37. The number of hydrogen-bond acceptors (Lipinski definition) is 4. The van der Waals surface area contributed by atoms with E-state index in [1.54, 1.807) is 13.8 Å². The molecule has 1 aliphatic carbocycles. The van der Waals surface area contributed by atoms with Crippen LogP contribution in [-0.4, -0.2) is 38.0 Å². The van der Waals surface area contributed by atoms with Crippen LogP contribution in [0.25, 0.3) is 0 Å². The van der Waals surface area contributed by atoms with Gasteiger partial charge in [0.25, 0.3) is 0 Å². The van der Waals surface area contributed by atoms with Gasteiger partial charge in [-0.1, -0.05) is 0 Å². The van der Waals surface area contributed by atoms with E-state index in [1.165, 1.54) is 0 Å². The van der Waals surface area contributed by atoms with Crippen LogP contribution in [0.1, 0.15) is 47.1 Å². The summed E-state index contributed by atoms with van der Waals surface area (Å²) in [6.45, 7) is 9.24. The van der Waals surface area contributed by atoms with E-state index in [4.69, 9.17) is 5.11 Å². The van der Waals surface area contributed by atoms with E-state index in [0.29, 0.717) is 11.1 Å². The molecule has 0 radical (unpaired) electrons. The molecule has 1 atom stereocenters. The molecule has 3 N–H and O–H groups in total. The number of rotatable bonds is 8. The molecule has 27 heavy (non-hydrogen) atoms. The van der Waals surface area contributed by atoms with Gasteiger partial charge in [-0.2, -0.15) is 0 Å². The first-order valence-corrected chi connectivity index (χ1v) is 10.5. The van der Waals surface area contributed by atoms with Gasteiger partial charge in [0, 0.05) is 13.0 Å². The largest absolute Gasteiger partial charge is 0.480 e. The van der Waals surface area contributed by atoms with Crippen LogP contribution in [0.15, 0.2) is 4.90 Å². The van der Waals surface area contributed by atoms with Crippen molar-refractivity contribution in [3.63, 3.8) is 0 Å². The summed E-state index contributed by atoms with van der Waals surface area (Å²) in [6, 6.07) is -0.888. The number of hydrogen-bond donors (Lipinski definition) is 3. The van der Waals surface area contributed by atoms with Crippen molar-refractivity contribution in [2.45, 2.75) is 64.8 Å². The van der Waals surface area contributed by atoms with Crippen LogP contribution in [-0.2, 0) is 19.6 Å². The molecule has 1 fully saturated rings. The van der Waals surface area contributed by atoms with E-state index < -0.39 is 27.9 Å². The van der Waals surface area contributed by atoms with E-state index >= 15 is 0 Å². The lowest BCUT2D eigenvalue weighted by Gasteiger charge is -2.19. The van der Waals surface area contributed by atoms with E-state index in [9.17, 15) is 18.0 Å². The molecule has 0 spiro atoms. The summed E-state index contributed by atoms with van der Waals surface area (Å²) >= 11 is 0. The average Bonchev–Trinajstić information content (AvgIpc) is 3.40. The number of carboxylic acids is 1. The van der Waals surface area contributed by atoms with Crippen molar-refractivity contribution in [3.8, 4) is 0 Å². The number of nitrogens with one attached hydrogen (secondary N) is 2. The monoisotopic (exact) mass is 396 g/mol. The highest BCUT2D eigenvalue weighted by molar-refractivity contribution is 7.89. The molecule has 0 aromatic heterocycles. The maximum atomic E-state index is 12.8.